The normalized spacial score (nSPS) is 43.9. The van der Waals surface area contributed by atoms with E-state index < -0.39 is 0 Å². The third-order valence-corrected chi connectivity index (χ3v) is 2.92. The topological polar surface area (TPSA) is 44.5 Å². The number of hydrogen-bond donors (Lipinski definition) is 1. The summed E-state index contributed by atoms with van der Waals surface area (Å²) in [6.07, 6.45) is 2.48. The molecule has 2 atom stereocenters. The summed E-state index contributed by atoms with van der Waals surface area (Å²) in [5, 5.41) is 0. The van der Waals surface area contributed by atoms with Crippen LogP contribution in [0.4, 0.5) is 0 Å². The molecule has 0 amide bonds. The molecule has 0 radical (unpaired) electrons. The lowest BCUT2D eigenvalue weighted by molar-refractivity contribution is -0.0682. The van der Waals surface area contributed by atoms with Crippen molar-refractivity contribution in [1.82, 2.24) is 0 Å². The minimum absolute atomic E-state index is 0.165. The average molecular weight is 157 g/mol. The van der Waals surface area contributed by atoms with Crippen LogP contribution in [0.1, 0.15) is 12.8 Å². The monoisotopic (exact) mass is 157 g/mol. The second-order valence-electron chi connectivity index (χ2n) is 3.52. The van der Waals surface area contributed by atoms with Crippen LogP contribution >= 0.6 is 0 Å². The molecule has 2 aliphatic heterocycles. The quantitative estimate of drug-likeness (QED) is 0.589. The van der Waals surface area contributed by atoms with E-state index in [0.717, 1.165) is 32.7 Å². The molecule has 0 aromatic heterocycles. The predicted octanol–water partition coefficient (Wildman–Crippen LogP) is 0.141. The highest BCUT2D eigenvalue weighted by Gasteiger charge is 2.45. The Balaban J connectivity index is 2.12. The van der Waals surface area contributed by atoms with Gasteiger partial charge in [-0.2, -0.15) is 0 Å². The van der Waals surface area contributed by atoms with Gasteiger partial charge < -0.3 is 15.2 Å². The Labute approximate surface area is 66.8 Å². The molecule has 0 saturated carbocycles. The first-order chi connectivity index (χ1) is 5.37. The smallest absolute Gasteiger partial charge is 0.0688 e. The Kier molecular flexibility index (Phi) is 1.87. The van der Waals surface area contributed by atoms with Gasteiger partial charge in [-0.05, 0) is 12.8 Å². The third-order valence-electron chi connectivity index (χ3n) is 2.92. The fraction of sp³-hybridized carbons (Fsp3) is 1.00. The Morgan fingerprint density at radius 2 is 2.36 bits per heavy atom. The van der Waals surface area contributed by atoms with Crippen molar-refractivity contribution in [3.8, 4) is 0 Å². The summed E-state index contributed by atoms with van der Waals surface area (Å²) in [4.78, 5) is 0. The standard InChI is InChI=1S/C8H15NO2/c9-5-8-2-4-11-7(8)1-3-10-6-8/h7H,1-6,9H2. The molecule has 2 N–H and O–H groups in total. The van der Waals surface area contributed by atoms with E-state index in [1.165, 1.54) is 0 Å². The van der Waals surface area contributed by atoms with Crippen LogP contribution in [0.15, 0.2) is 0 Å². The van der Waals surface area contributed by atoms with Crippen molar-refractivity contribution in [2.45, 2.75) is 18.9 Å². The van der Waals surface area contributed by atoms with Gasteiger partial charge in [0, 0.05) is 25.2 Å². The van der Waals surface area contributed by atoms with Crippen molar-refractivity contribution in [1.29, 1.82) is 0 Å². The van der Waals surface area contributed by atoms with Gasteiger partial charge >= 0.3 is 0 Å². The molecular weight excluding hydrogens is 142 g/mol. The Morgan fingerprint density at radius 3 is 3.09 bits per heavy atom. The van der Waals surface area contributed by atoms with E-state index >= 15 is 0 Å². The lowest BCUT2D eigenvalue weighted by Crippen LogP contribution is -2.46. The van der Waals surface area contributed by atoms with Crippen LogP contribution in [-0.4, -0.2) is 32.5 Å². The summed E-state index contributed by atoms with van der Waals surface area (Å²) in [6, 6.07) is 0. The molecule has 11 heavy (non-hydrogen) atoms. The van der Waals surface area contributed by atoms with Crippen LogP contribution in [-0.2, 0) is 9.47 Å². The molecular formula is C8H15NO2. The van der Waals surface area contributed by atoms with Crippen molar-refractivity contribution in [3.05, 3.63) is 0 Å². The fourth-order valence-electron chi connectivity index (χ4n) is 2.06. The largest absolute Gasteiger partial charge is 0.381 e. The van der Waals surface area contributed by atoms with Gasteiger partial charge in [-0.15, -0.1) is 0 Å². The zero-order valence-electron chi connectivity index (χ0n) is 6.71. The number of ether oxygens (including phenoxy) is 2. The molecule has 2 rings (SSSR count). The maximum absolute atomic E-state index is 5.72. The maximum atomic E-state index is 5.72. The van der Waals surface area contributed by atoms with Crippen LogP contribution in [0.3, 0.4) is 0 Å². The molecule has 2 fully saturated rings. The Hall–Kier alpha value is -0.120. The van der Waals surface area contributed by atoms with E-state index in [0.29, 0.717) is 12.6 Å². The van der Waals surface area contributed by atoms with Crippen LogP contribution in [0.5, 0.6) is 0 Å². The van der Waals surface area contributed by atoms with Gasteiger partial charge in [-0.3, -0.25) is 0 Å². The zero-order valence-corrected chi connectivity index (χ0v) is 6.71. The van der Waals surface area contributed by atoms with Crippen molar-refractivity contribution in [2.75, 3.05) is 26.4 Å². The number of rotatable bonds is 1. The molecule has 0 spiro atoms. The molecule has 64 valence electrons. The van der Waals surface area contributed by atoms with E-state index in [-0.39, 0.29) is 5.41 Å². The lowest BCUT2D eigenvalue weighted by Gasteiger charge is -2.36. The fourth-order valence-corrected chi connectivity index (χ4v) is 2.06. The minimum atomic E-state index is 0.165. The average Bonchev–Trinajstić information content (AvgIpc) is 2.48. The Bertz CT molecular complexity index is 151. The van der Waals surface area contributed by atoms with Gasteiger partial charge in [0.15, 0.2) is 0 Å². The minimum Gasteiger partial charge on any atom is -0.381 e. The van der Waals surface area contributed by atoms with E-state index in [9.17, 15) is 0 Å². The summed E-state index contributed by atoms with van der Waals surface area (Å²) in [7, 11) is 0. The zero-order chi connectivity index (χ0) is 7.73. The summed E-state index contributed by atoms with van der Waals surface area (Å²) >= 11 is 0. The van der Waals surface area contributed by atoms with Gasteiger partial charge in [-0.25, -0.2) is 0 Å². The summed E-state index contributed by atoms with van der Waals surface area (Å²) < 4.78 is 11.0. The second kappa shape index (κ2) is 2.73. The van der Waals surface area contributed by atoms with Crippen molar-refractivity contribution < 1.29 is 9.47 Å². The van der Waals surface area contributed by atoms with Crippen LogP contribution in [0, 0.1) is 5.41 Å². The van der Waals surface area contributed by atoms with Gasteiger partial charge in [0.1, 0.15) is 0 Å². The summed E-state index contributed by atoms with van der Waals surface area (Å²) in [5.41, 5.74) is 5.88. The van der Waals surface area contributed by atoms with Crippen molar-refractivity contribution in [3.63, 3.8) is 0 Å². The SMILES string of the molecule is NCC12CCOC1CCOC2. The highest BCUT2D eigenvalue weighted by Crippen LogP contribution is 2.38. The first kappa shape index (κ1) is 7.53. The molecule has 0 aromatic rings. The molecule has 2 aliphatic rings. The molecule has 3 nitrogen and oxygen atoms in total. The molecule has 2 heterocycles. The van der Waals surface area contributed by atoms with Gasteiger partial charge in [0.25, 0.3) is 0 Å². The second-order valence-corrected chi connectivity index (χ2v) is 3.52. The predicted molar refractivity (Wildman–Crippen MR) is 41.3 cm³/mol. The molecule has 0 aliphatic carbocycles. The molecule has 3 heteroatoms. The lowest BCUT2D eigenvalue weighted by atomic mass is 9.79. The van der Waals surface area contributed by atoms with E-state index in [4.69, 9.17) is 15.2 Å². The summed E-state index contributed by atoms with van der Waals surface area (Å²) in [6.45, 7) is 3.21. The number of fused-ring (bicyclic) bond motifs is 1. The number of nitrogens with two attached hydrogens (primary N) is 1. The van der Waals surface area contributed by atoms with Gasteiger partial charge in [-0.1, -0.05) is 0 Å². The van der Waals surface area contributed by atoms with Gasteiger partial charge in [0.05, 0.1) is 12.7 Å². The van der Waals surface area contributed by atoms with Crippen molar-refractivity contribution >= 4 is 0 Å². The van der Waals surface area contributed by atoms with Crippen molar-refractivity contribution in [2.24, 2.45) is 11.1 Å². The maximum Gasteiger partial charge on any atom is 0.0688 e. The molecule has 0 bridgehead atoms. The molecule has 2 saturated heterocycles. The van der Waals surface area contributed by atoms with E-state index in [1.54, 1.807) is 0 Å². The third kappa shape index (κ3) is 1.08. The summed E-state index contributed by atoms with van der Waals surface area (Å²) in [5.74, 6) is 0. The molecule has 0 aromatic carbocycles. The van der Waals surface area contributed by atoms with Gasteiger partial charge in [0.2, 0.25) is 0 Å². The highest BCUT2D eigenvalue weighted by molar-refractivity contribution is 4.94. The van der Waals surface area contributed by atoms with Crippen LogP contribution in [0.25, 0.3) is 0 Å². The van der Waals surface area contributed by atoms with Crippen LogP contribution < -0.4 is 5.73 Å². The Morgan fingerprint density at radius 1 is 1.45 bits per heavy atom. The first-order valence-corrected chi connectivity index (χ1v) is 4.27. The number of hydrogen-bond acceptors (Lipinski definition) is 3. The first-order valence-electron chi connectivity index (χ1n) is 4.27. The van der Waals surface area contributed by atoms with Crippen LogP contribution in [0.2, 0.25) is 0 Å². The van der Waals surface area contributed by atoms with E-state index in [1.807, 2.05) is 0 Å². The highest BCUT2D eigenvalue weighted by atomic mass is 16.5. The van der Waals surface area contributed by atoms with E-state index in [2.05, 4.69) is 0 Å². The molecule has 2 unspecified atom stereocenters.